The van der Waals surface area contributed by atoms with Gasteiger partial charge in [0.15, 0.2) is 0 Å². The number of terminal acetylenes is 1. The smallest absolute Gasteiger partial charge is 0.220 e. The number of carbonyl (C=O) groups excluding carboxylic acids is 1. The first-order valence-corrected chi connectivity index (χ1v) is 5.56. The molecule has 1 N–H and O–H groups in total. The highest BCUT2D eigenvalue weighted by Gasteiger charge is 2.08. The number of halogens is 1. The van der Waals surface area contributed by atoms with Crippen molar-refractivity contribution in [3.63, 3.8) is 0 Å². The van der Waals surface area contributed by atoms with E-state index in [4.69, 9.17) is 18.0 Å². The van der Waals surface area contributed by atoms with Gasteiger partial charge in [-0.15, -0.1) is 23.9 Å². The number of nitrogens with one attached hydrogen (secondary N) is 1. The van der Waals surface area contributed by atoms with Crippen LogP contribution in [0.3, 0.4) is 0 Å². The molecule has 1 amide bonds. The first-order valence-electron chi connectivity index (χ1n) is 5.03. The normalized spacial score (nSPS) is 11.8. The van der Waals surface area contributed by atoms with Crippen LogP contribution in [0.15, 0.2) is 0 Å². The summed E-state index contributed by atoms with van der Waals surface area (Å²) in [6.45, 7) is 2.01. The van der Waals surface area contributed by atoms with Crippen molar-refractivity contribution in [1.29, 1.82) is 0 Å². The van der Waals surface area contributed by atoms with Gasteiger partial charge in [-0.25, -0.2) is 0 Å². The molecule has 0 radical (unpaired) electrons. The molecule has 1 unspecified atom stereocenters. The zero-order valence-electron chi connectivity index (χ0n) is 8.68. The molecule has 0 aliphatic heterocycles. The van der Waals surface area contributed by atoms with Crippen molar-refractivity contribution < 1.29 is 4.79 Å². The molecule has 1 atom stereocenters. The van der Waals surface area contributed by atoms with Gasteiger partial charge in [0.25, 0.3) is 0 Å². The zero-order valence-corrected chi connectivity index (χ0v) is 9.44. The summed E-state index contributed by atoms with van der Waals surface area (Å²) in [5, 5.41) is 2.90. The minimum Gasteiger partial charge on any atom is -0.352 e. The molecule has 3 heteroatoms. The summed E-state index contributed by atoms with van der Waals surface area (Å²) in [5.74, 6) is 3.26. The number of hydrogen-bond donors (Lipinski definition) is 1. The van der Waals surface area contributed by atoms with Crippen molar-refractivity contribution >= 4 is 17.5 Å². The molecule has 2 nitrogen and oxygen atoms in total. The number of hydrogen-bond acceptors (Lipinski definition) is 1. The molecule has 0 saturated heterocycles. The summed E-state index contributed by atoms with van der Waals surface area (Å²) < 4.78 is 0. The lowest BCUT2D eigenvalue weighted by Gasteiger charge is -2.13. The van der Waals surface area contributed by atoms with Crippen LogP contribution in [-0.2, 0) is 4.79 Å². The van der Waals surface area contributed by atoms with E-state index in [-0.39, 0.29) is 11.9 Å². The third kappa shape index (κ3) is 6.80. The predicted molar refractivity (Wildman–Crippen MR) is 60.2 cm³/mol. The fourth-order valence-electron chi connectivity index (χ4n) is 1.12. The highest BCUT2D eigenvalue weighted by molar-refractivity contribution is 6.17. The monoisotopic (exact) mass is 215 g/mol. The van der Waals surface area contributed by atoms with E-state index < -0.39 is 0 Å². The Bertz CT molecular complexity index is 198. The molecular formula is C11H18ClNO. The maximum atomic E-state index is 11.3. The molecule has 0 saturated carbocycles. The lowest BCUT2D eigenvalue weighted by molar-refractivity contribution is -0.121. The van der Waals surface area contributed by atoms with Crippen LogP contribution >= 0.6 is 11.6 Å². The molecule has 80 valence electrons. The Morgan fingerprint density at radius 1 is 1.57 bits per heavy atom. The van der Waals surface area contributed by atoms with Gasteiger partial charge in [-0.3, -0.25) is 4.79 Å². The van der Waals surface area contributed by atoms with Crippen LogP contribution in [0.4, 0.5) is 0 Å². The van der Waals surface area contributed by atoms with Crippen molar-refractivity contribution in [3.8, 4) is 12.3 Å². The van der Waals surface area contributed by atoms with Gasteiger partial charge in [0.05, 0.1) is 0 Å². The number of alkyl halides is 1. The Hall–Kier alpha value is -0.680. The van der Waals surface area contributed by atoms with Gasteiger partial charge in [0.2, 0.25) is 5.91 Å². The van der Waals surface area contributed by atoms with E-state index in [0.29, 0.717) is 18.7 Å². The molecule has 0 fully saturated rings. The number of amides is 1. The van der Waals surface area contributed by atoms with Crippen molar-refractivity contribution in [2.75, 3.05) is 5.88 Å². The van der Waals surface area contributed by atoms with Crippen LogP contribution in [-0.4, -0.2) is 17.8 Å². The van der Waals surface area contributed by atoms with E-state index in [0.717, 1.165) is 19.3 Å². The van der Waals surface area contributed by atoms with E-state index in [9.17, 15) is 4.79 Å². The molecule has 0 aliphatic carbocycles. The average Bonchev–Trinajstić information content (AvgIpc) is 2.17. The standard InChI is InChI=1S/C11H18ClNO/c1-3-7-10(4-2)13-11(14)8-5-6-9-12/h1,10H,4-9H2,2H3,(H,13,14). The zero-order chi connectivity index (χ0) is 10.8. The molecule has 0 rings (SSSR count). The maximum absolute atomic E-state index is 11.3. The third-order valence-electron chi connectivity index (χ3n) is 2.01. The van der Waals surface area contributed by atoms with Crippen LogP contribution in [0.5, 0.6) is 0 Å². The highest BCUT2D eigenvalue weighted by atomic mass is 35.5. The Balaban J connectivity index is 3.63. The molecule has 14 heavy (non-hydrogen) atoms. The summed E-state index contributed by atoms with van der Waals surface area (Å²) >= 11 is 5.51. The molecular weight excluding hydrogens is 198 g/mol. The van der Waals surface area contributed by atoms with Crippen LogP contribution in [0.25, 0.3) is 0 Å². The molecule has 0 aromatic heterocycles. The highest BCUT2D eigenvalue weighted by Crippen LogP contribution is 2.00. The van der Waals surface area contributed by atoms with Crippen LogP contribution in [0.1, 0.15) is 39.0 Å². The molecule has 0 aromatic rings. The summed E-state index contributed by atoms with van der Waals surface area (Å²) in [4.78, 5) is 11.3. The van der Waals surface area contributed by atoms with Crippen molar-refractivity contribution in [2.45, 2.75) is 45.1 Å². The van der Waals surface area contributed by atoms with Crippen molar-refractivity contribution in [3.05, 3.63) is 0 Å². The van der Waals surface area contributed by atoms with E-state index >= 15 is 0 Å². The first kappa shape index (κ1) is 13.3. The second kappa shape index (κ2) is 8.90. The van der Waals surface area contributed by atoms with Crippen LogP contribution < -0.4 is 5.32 Å². The molecule has 0 aromatic carbocycles. The summed E-state index contributed by atoms with van der Waals surface area (Å²) in [6.07, 6.45) is 8.96. The Morgan fingerprint density at radius 2 is 2.29 bits per heavy atom. The van der Waals surface area contributed by atoms with E-state index in [1.165, 1.54) is 0 Å². The van der Waals surface area contributed by atoms with Gasteiger partial charge in [0.1, 0.15) is 0 Å². The van der Waals surface area contributed by atoms with E-state index in [2.05, 4.69) is 11.2 Å². The topological polar surface area (TPSA) is 29.1 Å². The second-order valence-corrected chi connectivity index (χ2v) is 3.60. The lowest BCUT2D eigenvalue weighted by Crippen LogP contribution is -2.33. The minimum atomic E-state index is 0.0808. The third-order valence-corrected chi connectivity index (χ3v) is 2.28. The maximum Gasteiger partial charge on any atom is 0.220 e. The van der Waals surface area contributed by atoms with Gasteiger partial charge < -0.3 is 5.32 Å². The number of carbonyl (C=O) groups is 1. The van der Waals surface area contributed by atoms with Gasteiger partial charge in [-0.2, -0.15) is 0 Å². The lowest BCUT2D eigenvalue weighted by atomic mass is 10.1. The van der Waals surface area contributed by atoms with E-state index in [1.54, 1.807) is 0 Å². The van der Waals surface area contributed by atoms with Crippen LogP contribution in [0.2, 0.25) is 0 Å². The number of rotatable bonds is 7. The van der Waals surface area contributed by atoms with Crippen molar-refractivity contribution in [2.24, 2.45) is 0 Å². The van der Waals surface area contributed by atoms with Gasteiger partial charge >= 0.3 is 0 Å². The predicted octanol–water partition coefficient (Wildman–Crippen LogP) is 2.31. The Kier molecular flexibility index (Phi) is 8.47. The molecule has 0 bridgehead atoms. The Morgan fingerprint density at radius 3 is 2.79 bits per heavy atom. The van der Waals surface area contributed by atoms with Gasteiger partial charge in [0, 0.05) is 24.8 Å². The first-order chi connectivity index (χ1) is 6.74. The number of unbranched alkanes of at least 4 members (excludes halogenated alkanes) is 1. The fourth-order valence-corrected chi connectivity index (χ4v) is 1.31. The minimum absolute atomic E-state index is 0.0808. The van der Waals surface area contributed by atoms with Crippen LogP contribution in [0, 0.1) is 12.3 Å². The molecule has 0 aliphatic rings. The summed E-state index contributed by atoms with van der Waals surface area (Å²) in [5.41, 5.74) is 0. The quantitative estimate of drug-likeness (QED) is 0.394. The van der Waals surface area contributed by atoms with Gasteiger partial charge in [-0.1, -0.05) is 6.92 Å². The average molecular weight is 216 g/mol. The summed E-state index contributed by atoms with van der Waals surface area (Å²) in [6, 6.07) is 0.128. The van der Waals surface area contributed by atoms with Gasteiger partial charge in [-0.05, 0) is 19.3 Å². The Labute approximate surface area is 91.4 Å². The second-order valence-electron chi connectivity index (χ2n) is 3.23. The van der Waals surface area contributed by atoms with E-state index in [1.807, 2.05) is 6.92 Å². The SMILES string of the molecule is C#CCC(CC)NC(=O)CCCCCl. The summed E-state index contributed by atoms with van der Waals surface area (Å²) in [7, 11) is 0. The fraction of sp³-hybridized carbons (Fsp3) is 0.727. The molecule has 0 spiro atoms. The molecule has 0 heterocycles. The largest absolute Gasteiger partial charge is 0.352 e. The van der Waals surface area contributed by atoms with Crippen molar-refractivity contribution in [1.82, 2.24) is 5.32 Å².